The fourth-order valence-electron chi connectivity index (χ4n) is 3.17. The van der Waals surface area contributed by atoms with Crippen LogP contribution in [-0.2, 0) is 27.9 Å². The summed E-state index contributed by atoms with van der Waals surface area (Å²) in [4.78, 5) is 4.10. The van der Waals surface area contributed by atoms with Crippen LogP contribution in [0.1, 0.15) is 45.2 Å². The van der Waals surface area contributed by atoms with Crippen molar-refractivity contribution in [3.8, 4) is 0 Å². The second kappa shape index (κ2) is 6.69. The topological polar surface area (TPSA) is 36.3 Å². The van der Waals surface area contributed by atoms with Gasteiger partial charge in [-0.3, -0.25) is 0 Å². The molecule has 1 aromatic carbocycles. The maximum atomic E-state index is 6.19. The molecule has 0 N–H and O–H groups in total. The van der Waals surface area contributed by atoms with E-state index in [1.165, 1.54) is 11.1 Å². The summed E-state index contributed by atoms with van der Waals surface area (Å²) in [5.41, 5.74) is 2.77. The molecule has 0 aliphatic carbocycles. The normalized spacial score (nSPS) is 24.4. The van der Waals surface area contributed by atoms with Crippen LogP contribution in [0.15, 0.2) is 43.0 Å². The molecule has 0 saturated carbocycles. The van der Waals surface area contributed by atoms with Crippen molar-refractivity contribution in [1.82, 2.24) is 9.55 Å². The average Bonchev–Trinajstić information content (AvgIpc) is 3.15. The molecule has 4 heteroatoms. The van der Waals surface area contributed by atoms with E-state index in [1.807, 2.05) is 12.5 Å². The van der Waals surface area contributed by atoms with Gasteiger partial charge in [0, 0.05) is 31.8 Å². The van der Waals surface area contributed by atoms with Crippen LogP contribution in [0.2, 0.25) is 0 Å². The molecule has 1 saturated heterocycles. The molecule has 0 radical (unpaired) electrons. The maximum Gasteiger partial charge on any atom is 0.174 e. The molecule has 1 aliphatic heterocycles. The van der Waals surface area contributed by atoms with Gasteiger partial charge in [-0.25, -0.2) is 4.98 Å². The lowest BCUT2D eigenvalue weighted by Crippen LogP contribution is -2.35. The Morgan fingerprint density at radius 2 is 2.00 bits per heavy atom. The third-order valence-electron chi connectivity index (χ3n) is 4.60. The third kappa shape index (κ3) is 4.05. The van der Waals surface area contributed by atoms with Crippen molar-refractivity contribution in [2.45, 2.75) is 64.4 Å². The minimum Gasteiger partial charge on any atom is -0.347 e. The Bertz CT molecular complexity index is 643. The van der Waals surface area contributed by atoms with E-state index in [1.54, 1.807) is 6.20 Å². The standard InChI is InChI=1S/C20H28N2O2/c1-16-14-23-20(24-16,9-11-22-12-10-21-15-22)13-17-5-7-18(8-6-17)19(2,3)4/h5-8,10,12,15-16H,9,11,13-14H2,1-4H3. The molecule has 2 heterocycles. The second-order valence-corrected chi connectivity index (χ2v) is 7.82. The van der Waals surface area contributed by atoms with E-state index in [0.717, 1.165) is 19.4 Å². The largest absolute Gasteiger partial charge is 0.347 e. The molecule has 2 aromatic rings. The van der Waals surface area contributed by atoms with Crippen LogP contribution in [0, 0.1) is 0 Å². The summed E-state index contributed by atoms with van der Waals surface area (Å²) in [5.74, 6) is -0.535. The molecule has 3 rings (SSSR count). The van der Waals surface area contributed by atoms with Gasteiger partial charge < -0.3 is 14.0 Å². The summed E-state index contributed by atoms with van der Waals surface area (Å²) < 4.78 is 14.4. The van der Waals surface area contributed by atoms with E-state index in [2.05, 4.69) is 61.5 Å². The molecule has 4 nitrogen and oxygen atoms in total. The summed E-state index contributed by atoms with van der Waals surface area (Å²) in [6.45, 7) is 10.3. The zero-order valence-corrected chi connectivity index (χ0v) is 15.2. The molecule has 130 valence electrons. The third-order valence-corrected chi connectivity index (χ3v) is 4.60. The van der Waals surface area contributed by atoms with Gasteiger partial charge in [-0.1, -0.05) is 45.0 Å². The van der Waals surface area contributed by atoms with Crippen molar-refractivity contribution in [1.29, 1.82) is 0 Å². The van der Waals surface area contributed by atoms with E-state index in [0.29, 0.717) is 6.61 Å². The highest BCUT2D eigenvalue weighted by molar-refractivity contribution is 5.28. The van der Waals surface area contributed by atoms with E-state index in [-0.39, 0.29) is 11.5 Å². The summed E-state index contributed by atoms with van der Waals surface area (Å²) in [7, 11) is 0. The van der Waals surface area contributed by atoms with Crippen molar-refractivity contribution in [3.05, 3.63) is 54.1 Å². The Kier molecular flexibility index (Phi) is 4.79. The molecule has 2 atom stereocenters. The van der Waals surface area contributed by atoms with Gasteiger partial charge in [-0.05, 0) is 23.5 Å². The first-order valence-electron chi connectivity index (χ1n) is 8.73. The van der Waals surface area contributed by atoms with Gasteiger partial charge >= 0.3 is 0 Å². The number of aryl methyl sites for hydroxylation is 1. The first kappa shape index (κ1) is 17.2. The minimum atomic E-state index is -0.535. The monoisotopic (exact) mass is 328 g/mol. The fourth-order valence-corrected chi connectivity index (χ4v) is 3.17. The van der Waals surface area contributed by atoms with Crippen LogP contribution in [0.3, 0.4) is 0 Å². The predicted molar refractivity (Wildman–Crippen MR) is 94.9 cm³/mol. The summed E-state index contributed by atoms with van der Waals surface area (Å²) in [5, 5.41) is 0. The quantitative estimate of drug-likeness (QED) is 0.834. The fraction of sp³-hybridized carbons (Fsp3) is 0.550. The van der Waals surface area contributed by atoms with Gasteiger partial charge in [-0.2, -0.15) is 0 Å². The van der Waals surface area contributed by atoms with E-state index < -0.39 is 5.79 Å². The number of aromatic nitrogens is 2. The van der Waals surface area contributed by atoms with Crippen LogP contribution in [0.5, 0.6) is 0 Å². The molecule has 0 spiro atoms. The van der Waals surface area contributed by atoms with Crippen LogP contribution in [-0.4, -0.2) is 28.0 Å². The van der Waals surface area contributed by atoms with Crippen LogP contribution < -0.4 is 0 Å². The molecule has 1 fully saturated rings. The first-order chi connectivity index (χ1) is 11.4. The zero-order chi connectivity index (χ0) is 17.2. The second-order valence-electron chi connectivity index (χ2n) is 7.82. The number of imidazole rings is 1. The lowest BCUT2D eigenvalue weighted by atomic mass is 9.86. The first-order valence-corrected chi connectivity index (χ1v) is 8.73. The molecular formula is C20H28N2O2. The molecule has 1 aliphatic rings. The van der Waals surface area contributed by atoms with E-state index in [4.69, 9.17) is 9.47 Å². The number of hydrogen-bond donors (Lipinski definition) is 0. The van der Waals surface area contributed by atoms with Crippen LogP contribution >= 0.6 is 0 Å². The van der Waals surface area contributed by atoms with E-state index >= 15 is 0 Å². The van der Waals surface area contributed by atoms with Crippen LogP contribution in [0.4, 0.5) is 0 Å². The Morgan fingerprint density at radius 3 is 2.54 bits per heavy atom. The van der Waals surface area contributed by atoms with Crippen molar-refractivity contribution in [2.24, 2.45) is 0 Å². The summed E-state index contributed by atoms with van der Waals surface area (Å²) >= 11 is 0. The van der Waals surface area contributed by atoms with Gasteiger partial charge in [0.2, 0.25) is 0 Å². The SMILES string of the molecule is CC1COC(CCn2ccnc2)(Cc2ccc(C(C)(C)C)cc2)O1. The van der Waals surface area contributed by atoms with Gasteiger partial charge in [0.25, 0.3) is 0 Å². The number of benzene rings is 1. The van der Waals surface area contributed by atoms with Gasteiger partial charge in [-0.15, -0.1) is 0 Å². The lowest BCUT2D eigenvalue weighted by Gasteiger charge is -2.29. The molecule has 0 amide bonds. The lowest BCUT2D eigenvalue weighted by molar-refractivity contribution is -0.171. The number of rotatable bonds is 5. The van der Waals surface area contributed by atoms with Crippen molar-refractivity contribution >= 4 is 0 Å². The minimum absolute atomic E-state index is 0.140. The number of nitrogens with zero attached hydrogens (tertiary/aromatic N) is 2. The number of hydrogen-bond acceptors (Lipinski definition) is 3. The predicted octanol–water partition coefficient (Wildman–Crippen LogP) is 3.95. The van der Waals surface area contributed by atoms with Crippen molar-refractivity contribution < 1.29 is 9.47 Å². The van der Waals surface area contributed by atoms with Gasteiger partial charge in [0.15, 0.2) is 5.79 Å². The van der Waals surface area contributed by atoms with Gasteiger partial charge in [0.1, 0.15) is 0 Å². The summed E-state index contributed by atoms with van der Waals surface area (Å²) in [6, 6.07) is 8.85. The highest BCUT2D eigenvalue weighted by Gasteiger charge is 2.39. The van der Waals surface area contributed by atoms with Crippen molar-refractivity contribution in [2.75, 3.05) is 6.61 Å². The Hall–Kier alpha value is -1.65. The van der Waals surface area contributed by atoms with Crippen molar-refractivity contribution in [3.63, 3.8) is 0 Å². The molecule has 24 heavy (non-hydrogen) atoms. The van der Waals surface area contributed by atoms with Gasteiger partial charge in [0.05, 0.1) is 19.0 Å². The zero-order valence-electron chi connectivity index (χ0n) is 15.2. The van der Waals surface area contributed by atoms with E-state index in [9.17, 15) is 0 Å². The molecule has 2 unspecified atom stereocenters. The molecular weight excluding hydrogens is 300 g/mol. The molecule has 1 aromatic heterocycles. The highest BCUT2D eigenvalue weighted by Crippen LogP contribution is 2.32. The Balaban J connectivity index is 1.72. The van der Waals surface area contributed by atoms with Crippen LogP contribution in [0.25, 0.3) is 0 Å². The Morgan fingerprint density at radius 1 is 1.25 bits per heavy atom. The molecule has 0 bridgehead atoms. The highest BCUT2D eigenvalue weighted by atomic mass is 16.7. The maximum absolute atomic E-state index is 6.19. The smallest absolute Gasteiger partial charge is 0.174 e. The average molecular weight is 328 g/mol. The Labute approximate surface area is 144 Å². The summed E-state index contributed by atoms with van der Waals surface area (Å²) in [6.07, 6.45) is 7.35. The number of ether oxygens (including phenoxy) is 2.